The van der Waals surface area contributed by atoms with Gasteiger partial charge in [0.1, 0.15) is 0 Å². The highest BCUT2D eigenvalue weighted by molar-refractivity contribution is 7.98. The Hall–Kier alpha value is 0.0400. The maximum absolute atomic E-state index is 5.13. The van der Waals surface area contributed by atoms with Crippen LogP contribution in [0.4, 0.5) is 0 Å². The number of thioether (sulfide) groups is 1. The van der Waals surface area contributed by atoms with Crippen molar-refractivity contribution in [2.45, 2.75) is 39.3 Å². The summed E-state index contributed by atoms with van der Waals surface area (Å²) in [6.45, 7) is 6.33. The van der Waals surface area contributed by atoms with Crippen molar-refractivity contribution in [2.24, 2.45) is 0 Å². The van der Waals surface area contributed by atoms with Crippen molar-refractivity contribution in [2.75, 3.05) is 12.0 Å². The molecule has 2 N–H and O–H groups in total. The molecular weight excluding hydrogens is 200 g/mol. The van der Waals surface area contributed by atoms with Crippen LogP contribution in [-0.2, 0) is 0 Å². The Morgan fingerprint density at radius 1 is 1.31 bits per heavy atom. The highest BCUT2D eigenvalue weighted by atomic mass is 32.2. The minimum Gasteiger partial charge on any atom is -0.361 e. The van der Waals surface area contributed by atoms with Gasteiger partial charge in [-0.25, -0.2) is 0 Å². The molecule has 0 heterocycles. The molecule has 0 rings (SSSR count). The van der Waals surface area contributed by atoms with E-state index in [4.69, 9.17) is 12.2 Å². The molecule has 0 saturated carbocycles. The first kappa shape index (κ1) is 13.0. The Balaban J connectivity index is 3.53. The Bertz CT molecular complexity index is 149. The van der Waals surface area contributed by atoms with Gasteiger partial charge >= 0.3 is 0 Å². The van der Waals surface area contributed by atoms with E-state index in [-0.39, 0.29) is 0 Å². The van der Waals surface area contributed by atoms with Crippen molar-refractivity contribution in [1.82, 2.24) is 10.6 Å². The van der Waals surface area contributed by atoms with E-state index < -0.39 is 0 Å². The van der Waals surface area contributed by atoms with E-state index in [1.807, 2.05) is 11.8 Å². The normalized spacial score (nSPS) is 12.7. The fourth-order valence-corrected chi connectivity index (χ4v) is 1.92. The van der Waals surface area contributed by atoms with Crippen molar-refractivity contribution in [1.29, 1.82) is 0 Å². The molecule has 4 heteroatoms. The van der Waals surface area contributed by atoms with Crippen LogP contribution in [0, 0.1) is 0 Å². The van der Waals surface area contributed by atoms with E-state index in [1.165, 1.54) is 5.75 Å². The molecule has 0 fully saturated rings. The summed E-state index contributed by atoms with van der Waals surface area (Å²) in [5.41, 5.74) is 0. The molecule has 0 aliphatic carbocycles. The Kier molecular flexibility index (Phi) is 7.47. The van der Waals surface area contributed by atoms with E-state index >= 15 is 0 Å². The van der Waals surface area contributed by atoms with E-state index in [1.54, 1.807) is 0 Å². The lowest BCUT2D eigenvalue weighted by Gasteiger charge is -2.18. The van der Waals surface area contributed by atoms with Crippen LogP contribution < -0.4 is 10.6 Å². The van der Waals surface area contributed by atoms with Crippen LogP contribution >= 0.6 is 24.0 Å². The monoisotopic (exact) mass is 220 g/mol. The zero-order valence-corrected chi connectivity index (χ0v) is 10.5. The summed E-state index contributed by atoms with van der Waals surface area (Å²) in [5.74, 6) is 1.18. The first-order valence-electron chi connectivity index (χ1n) is 4.62. The van der Waals surface area contributed by atoms with Gasteiger partial charge in [0.15, 0.2) is 5.11 Å². The summed E-state index contributed by atoms with van der Waals surface area (Å²) in [4.78, 5) is 0. The third kappa shape index (κ3) is 8.37. The van der Waals surface area contributed by atoms with E-state index in [9.17, 15) is 0 Å². The third-order valence-electron chi connectivity index (χ3n) is 1.55. The van der Waals surface area contributed by atoms with E-state index in [0.29, 0.717) is 12.1 Å². The number of rotatable bonds is 5. The van der Waals surface area contributed by atoms with E-state index in [2.05, 4.69) is 37.7 Å². The molecule has 0 aromatic carbocycles. The molecule has 1 atom stereocenters. The predicted molar refractivity (Wildman–Crippen MR) is 66.5 cm³/mol. The van der Waals surface area contributed by atoms with Crippen LogP contribution in [0.5, 0.6) is 0 Å². The van der Waals surface area contributed by atoms with Crippen molar-refractivity contribution >= 4 is 29.1 Å². The van der Waals surface area contributed by atoms with Crippen LogP contribution in [0.15, 0.2) is 0 Å². The van der Waals surface area contributed by atoms with Crippen molar-refractivity contribution in [3.63, 3.8) is 0 Å². The molecule has 0 bridgehead atoms. The van der Waals surface area contributed by atoms with Crippen LogP contribution in [0.25, 0.3) is 0 Å². The van der Waals surface area contributed by atoms with Gasteiger partial charge in [0.05, 0.1) is 0 Å². The molecule has 0 aliphatic rings. The average Bonchev–Trinajstić information content (AvgIpc) is 1.98. The van der Waals surface area contributed by atoms with Gasteiger partial charge in [-0.2, -0.15) is 11.8 Å². The lowest BCUT2D eigenvalue weighted by atomic mass is 10.3. The molecule has 78 valence electrons. The zero-order valence-electron chi connectivity index (χ0n) is 8.89. The van der Waals surface area contributed by atoms with Crippen LogP contribution in [0.2, 0.25) is 0 Å². The average molecular weight is 220 g/mol. The SMILES string of the molecule is CSCCC(C)NC(=S)NC(C)C. The van der Waals surface area contributed by atoms with Crippen molar-refractivity contribution in [3.8, 4) is 0 Å². The van der Waals surface area contributed by atoms with Gasteiger partial charge in [-0.3, -0.25) is 0 Å². The smallest absolute Gasteiger partial charge is 0.166 e. The number of hydrogen-bond acceptors (Lipinski definition) is 2. The topological polar surface area (TPSA) is 24.1 Å². The molecule has 1 unspecified atom stereocenters. The van der Waals surface area contributed by atoms with Crippen LogP contribution in [0.1, 0.15) is 27.2 Å². The number of thiocarbonyl (C=S) groups is 1. The highest BCUT2D eigenvalue weighted by Gasteiger charge is 2.03. The zero-order chi connectivity index (χ0) is 10.3. The van der Waals surface area contributed by atoms with Crippen molar-refractivity contribution in [3.05, 3.63) is 0 Å². The fourth-order valence-electron chi connectivity index (χ4n) is 0.894. The molecule has 13 heavy (non-hydrogen) atoms. The Labute approximate surface area is 91.2 Å². The Morgan fingerprint density at radius 2 is 1.92 bits per heavy atom. The molecule has 0 radical (unpaired) electrons. The molecular formula is C9H20N2S2. The van der Waals surface area contributed by atoms with Gasteiger partial charge in [0, 0.05) is 12.1 Å². The largest absolute Gasteiger partial charge is 0.361 e. The standard InChI is InChI=1S/C9H20N2S2/c1-7(2)10-9(12)11-8(3)5-6-13-4/h7-8H,5-6H2,1-4H3,(H2,10,11,12). The molecule has 2 nitrogen and oxygen atoms in total. The maximum Gasteiger partial charge on any atom is 0.166 e. The summed E-state index contributed by atoms with van der Waals surface area (Å²) in [7, 11) is 0. The molecule has 0 spiro atoms. The quantitative estimate of drug-likeness (QED) is 0.692. The molecule has 0 aromatic heterocycles. The highest BCUT2D eigenvalue weighted by Crippen LogP contribution is 1.99. The molecule has 0 amide bonds. The van der Waals surface area contributed by atoms with E-state index in [0.717, 1.165) is 11.5 Å². The second kappa shape index (κ2) is 7.44. The number of nitrogens with one attached hydrogen (secondary N) is 2. The lowest BCUT2D eigenvalue weighted by Crippen LogP contribution is -2.43. The summed E-state index contributed by atoms with van der Waals surface area (Å²) in [6.07, 6.45) is 3.28. The minimum absolute atomic E-state index is 0.410. The number of hydrogen-bond donors (Lipinski definition) is 2. The Morgan fingerprint density at radius 3 is 2.38 bits per heavy atom. The van der Waals surface area contributed by atoms with Crippen LogP contribution in [-0.4, -0.2) is 29.2 Å². The summed E-state index contributed by atoms with van der Waals surface area (Å²) in [6, 6.07) is 0.874. The van der Waals surface area contributed by atoms with Crippen molar-refractivity contribution < 1.29 is 0 Å². The van der Waals surface area contributed by atoms with Gasteiger partial charge in [-0.15, -0.1) is 0 Å². The van der Waals surface area contributed by atoms with Gasteiger partial charge in [0.25, 0.3) is 0 Å². The van der Waals surface area contributed by atoms with Gasteiger partial charge in [-0.05, 0) is 51.4 Å². The summed E-state index contributed by atoms with van der Waals surface area (Å²) >= 11 is 7.00. The van der Waals surface area contributed by atoms with Crippen LogP contribution in [0.3, 0.4) is 0 Å². The van der Waals surface area contributed by atoms with Gasteiger partial charge in [-0.1, -0.05) is 0 Å². The fraction of sp³-hybridized carbons (Fsp3) is 0.889. The molecule has 0 aliphatic heterocycles. The first-order valence-corrected chi connectivity index (χ1v) is 6.42. The van der Waals surface area contributed by atoms with Gasteiger partial charge in [0.2, 0.25) is 0 Å². The molecule has 0 saturated heterocycles. The first-order chi connectivity index (χ1) is 6.06. The third-order valence-corrected chi connectivity index (χ3v) is 2.43. The lowest BCUT2D eigenvalue weighted by molar-refractivity contribution is 0.622. The second-order valence-electron chi connectivity index (χ2n) is 3.46. The predicted octanol–water partition coefficient (Wildman–Crippen LogP) is 2.00. The minimum atomic E-state index is 0.410. The summed E-state index contributed by atoms with van der Waals surface area (Å²) in [5, 5.41) is 7.18. The maximum atomic E-state index is 5.13. The van der Waals surface area contributed by atoms with Gasteiger partial charge < -0.3 is 10.6 Å². The molecule has 0 aromatic rings. The summed E-state index contributed by atoms with van der Waals surface area (Å²) < 4.78 is 0. The second-order valence-corrected chi connectivity index (χ2v) is 4.85.